The maximum atomic E-state index is 13.9. The Balaban J connectivity index is 6.74. The van der Waals surface area contributed by atoms with Crippen molar-refractivity contribution in [3.05, 3.63) is 0 Å². The molecule has 0 heterocycles. The zero-order valence-electron chi connectivity index (χ0n) is 18.6. The van der Waals surface area contributed by atoms with Crippen LogP contribution in [0.25, 0.3) is 0 Å². The Hall–Kier alpha value is 0.120. The summed E-state index contributed by atoms with van der Waals surface area (Å²) < 4.78 is 123. The lowest BCUT2D eigenvalue weighted by Crippen LogP contribution is -2.24. The molecule has 0 spiro atoms. The smallest absolute Gasteiger partial charge is 0.302 e. The van der Waals surface area contributed by atoms with Gasteiger partial charge in [-0.05, 0) is 12.3 Å². The molecule has 0 radical (unpaired) electrons. The molecule has 0 aromatic carbocycles. The molecule has 2 nitrogen and oxygen atoms in total. The molecule has 0 saturated heterocycles. The Morgan fingerprint density at radius 1 is 1.73 bits per heavy atom. The first-order valence-electron chi connectivity index (χ1n) is 8.96. The average molecular weight is 195 g/mol. The molecule has 0 aliphatic heterocycles. The molecule has 0 aromatic heterocycles. The van der Waals surface area contributed by atoms with Gasteiger partial charge in [-0.2, -0.15) is 4.20 Å². The van der Waals surface area contributed by atoms with E-state index in [-0.39, 0.29) is 6.92 Å². The predicted molar refractivity (Wildman–Crippen MR) is 44.6 cm³/mol. The van der Waals surface area contributed by atoms with Crippen LogP contribution < -0.4 is 0 Å². The van der Waals surface area contributed by atoms with Crippen LogP contribution in [0, 0.1) is 5.41 Å². The van der Waals surface area contributed by atoms with Crippen molar-refractivity contribution in [1.82, 2.24) is 0 Å². The van der Waals surface area contributed by atoms with Crippen LogP contribution in [0.5, 0.6) is 0 Å². The molecule has 0 aliphatic rings. The second-order valence-corrected chi connectivity index (χ2v) is 3.02. The number of rotatable bonds is 2. The normalized spacial score (nSPS) is 45.8. The molecule has 2 atom stereocenters. The zero-order chi connectivity index (χ0) is 20.2. The summed E-state index contributed by atoms with van der Waals surface area (Å²) >= 11 is 0. The average Bonchev–Trinajstić information content (AvgIpc) is 2.03. The first-order valence-corrected chi connectivity index (χ1v) is 3.98. The van der Waals surface area contributed by atoms with E-state index < -0.39 is 46.3 Å². The summed E-state index contributed by atoms with van der Waals surface area (Å²) in [5.41, 5.74) is -4.03. The standard InChI is InChI=1S/C7H16FO2P/c1-6(7(2,3)4)10-11(5,8)9/h6H,1-5H3/i2D3,3D3,4D3,5D3,6D. The minimum Gasteiger partial charge on any atom is -0.302 e. The van der Waals surface area contributed by atoms with E-state index in [1.165, 1.54) is 0 Å². The van der Waals surface area contributed by atoms with Crippen LogP contribution in [-0.4, -0.2) is 12.7 Å². The maximum Gasteiger partial charge on any atom is 0.364 e. The lowest BCUT2D eigenvalue weighted by molar-refractivity contribution is 0.0989. The second kappa shape index (κ2) is 3.24. The van der Waals surface area contributed by atoms with E-state index in [4.69, 9.17) is 17.8 Å². The van der Waals surface area contributed by atoms with Crippen molar-refractivity contribution >= 4 is 7.68 Å². The van der Waals surface area contributed by atoms with Crippen molar-refractivity contribution in [2.24, 2.45) is 5.41 Å². The van der Waals surface area contributed by atoms with Gasteiger partial charge in [0.05, 0.1) is 7.45 Å². The van der Waals surface area contributed by atoms with Crippen molar-refractivity contribution in [3.8, 4) is 0 Å². The highest BCUT2D eigenvalue weighted by Gasteiger charge is 2.27. The number of hydrogen-bond donors (Lipinski definition) is 0. The molecule has 0 fully saturated rings. The molecule has 4 heteroatoms. The van der Waals surface area contributed by atoms with Crippen LogP contribution in [0.4, 0.5) is 4.20 Å². The quantitative estimate of drug-likeness (QED) is 0.632. The molecular formula is C7H16FO2P. The van der Waals surface area contributed by atoms with Crippen LogP contribution in [0.2, 0.25) is 0 Å². The van der Waals surface area contributed by atoms with Gasteiger partial charge in [-0.3, -0.25) is 4.57 Å². The van der Waals surface area contributed by atoms with Crippen LogP contribution >= 0.6 is 7.68 Å². The van der Waals surface area contributed by atoms with Crippen molar-refractivity contribution < 1.29 is 31.1 Å². The van der Waals surface area contributed by atoms with Crippen molar-refractivity contribution in [2.75, 3.05) is 6.59 Å². The van der Waals surface area contributed by atoms with Crippen molar-refractivity contribution in [1.29, 1.82) is 0 Å². The van der Waals surface area contributed by atoms with Crippen LogP contribution in [0.1, 0.15) is 45.3 Å². The predicted octanol–water partition coefficient (Wildman–Crippen LogP) is 3.23. The van der Waals surface area contributed by atoms with Crippen LogP contribution in [0.15, 0.2) is 0 Å². The van der Waals surface area contributed by atoms with E-state index in [1.807, 2.05) is 0 Å². The Morgan fingerprint density at radius 2 is 2.27 bits per heavy atom. The van der Waals surface area contributed by atoms with Gasteiger partial charge < -0.3 is 4.52 Å². The van der Waals surface area contributed by atoms with E-state index in [2.05, 4.69) is 4.52 Å². The molecule has 0 bridgehead atoms. The second-order valence-electron chi connectivity index (χ2n) is 1.88. The summed E-state index contributed by atoms with van der Waals surface area (Å²) in [5, 5.41) is 0. The third-order valence-electron chi connectivity index (χ3n) is 0.782. The summed E-state index contributed by atoms with van der Waals surface area (Å²) in [6.07, 6.45) is -3.73. The van der Waals surface area contributed by atoms with Gasteiger partial charge in [-0.25, -0.2) is 0 Å². The summed E-state index contributed by atoms with van der Waals surface area (Å²) in [5.74, 6) is 0. The van der Waals surface area contributed by atoms with Gasteiger partial charge in [0.1, 0.15) is 0 Å². The molecule has 0 amide bonds. The topological polar surface area (TPSA) is 26.3 Å². The third kappa shape index (κ3) is 5.40. The Morgan fingerprint density at radius 3 is 2.64 bits per heavy atom. The highest BCUT2D eigenvalue weighted by Crippen LogP contribution is 2.47. The monoisotopic (exact) mass is 195 g/mol. The molecule has 0 saturated carbocycles. The van der Waals surface area contributed by atoms with Gasteiger partial charge in [0.25, 0.3) is 0 Å². The lowest BCUT2D eigenvalue weighted by atomic mass is 9.91. The first-order chi connectivity index (χ1) is 9.96. The highest BCUT2D eigenvalue weighted by atomic mass is 31.2. The highest BCUT2D eigenvalue weighted by molar-refractivity contribution is 7.52. The Labute approximate surface area is 86.0 Å². The number of halogens is 1. The third-order valence-corrected chi connectivity index (χ3v) is 1.29. The van der Waals surface area contributed by atoms with E-state index in [0.29, 0.717) is 0 Å². The Kier molecular flexibility index (Phi) is 0.627. The van der Waals surface area contributed by atoms with Crippen molar-refractivity contribution in [3.63, 3.8) is 0 Å². The SMILES string of the molecule is [2H]C([2H])([2H])C(C([2H])([2H])[2H])(C([2H])([2H])[2H])C([2H])(C)OP(=O)(F)C([2H])([2H])[2H]. The zero-order valence-corrected chi connectivity index (χ0v) is 6.54. The fourth-order valence-corrected chi connectivity index (χ4v) is 0.734. The minimum absolute atomic E-state index is 0.246. The fourth-order valence-electron chi connectivity index (χ4n) is 0.245. The lowest BCUT2D eigenvalue weighted by Gasteiger charge is -2.27. The van der Waals surface area contributed by atoms with Gasteiger partial charge in [-0.1, -0.05) is 20.6 Å². The van der Waals surface area contributed by atoms with E-state index in [9.17, 15) is 8.76 Å². The molecule has 68 valence electrons. The Bertz CT molecular complexity index is 476. The molecule has 11 heavy (non-hydrogen) atoms. The summed E-state index contributed by atoms with van der Waals surface area (Å²) in [6, 6.07) is 0. The summed E-state index contributed by atoms with van der Waals surface area (Å²) in [6.45, 7) is -15.6. The van der Waals surface area contributed by atoms with Crippen LogP contribution in [-0.2, 0) is 9.09 Å². The van der Waals surface area contributed by atoms with Crippen molar-refractivity contribution in [2.45, 2.75) is 33.6 Å². The van der Waals surface area contributed by atoms with Gasteiger partial charge >= 0.3 is 7.68 Å². The molecule has 0 aliphatic carbocycles. The molecule has 0 aromatic rings. The fraction of sp³-hybridized carbons (Fsp3) is 1.00. The van der Waals surface area contributed by atoms with Gasteiger partial charge in [-0.15, -0.1) is 0 Å². The molecule has 0 N–H and O–H groups in total. The minimum atomic E-state index is -6.24. The summed E-state index contributed by atoms with van der Waals surface area (Å²) in [7, 11) is -6.24. The van der Waals surface area contributed by atoms with Gasteiger partial charge in [0.15, 0.2) is 0 Å². The largest absolute Gasteiger partial charge is 0.364 e. The summed E-state index contributed by atoms with van der Waals surface area (Å²) in [4.78, 5) is 0. The first kappa shape index (κ1) is 2.13. The van der Waals surface area contributed by atoms with E-state index in [0.717, 1.165) is 0 Å². The van der Waals surface area contributed by atoms with Gasteiger partial charge in [0, 0.05) is 23.0 Å². The number of hydrogen-bond acceptors (Lipinski definition) is 2. The van der Waals surface area contributed by atoms with E-state index in [1.54, 1.807) is 0 Å². The van der Waals surface area contributed by atoms with E-state index >= 15 is 0 Å². The molecule has 2 unspecified atom stereocenters. The van der Waals surface area contributed by atoms with Gasteiger partial charge in [0.2, 0.25) is 0 Å². The van der Waals surface area contributed by atoms with Crippen LogP contribution in [0.3, 0.4) is 0 Å². The molecular weight excluding hydrogens is 166 g/mol. The molecule has 0 rings (SSSR count). The maximum absolute atomic E-state index is 13.9.